The van der Waals surface area contributed by atoms with Gasteiger partial charge in [0, 0.05) is 18.1 Å². The molecule has 0 aliphatic rings. The number of carbonyl (C=O) groups is 2. The molecular weight excluding hydrogens is 316 g/mol. The van der Waals surface area contributed by atoms with Crippen LogP contribution in [0.3, 0.4) is 0 Å². The van der Waals surface area contributed by atoms with Crippen molar-refractivity contribution >= 4 is 11.9 Å². The number of aliphatic carboxylic acids is 2. The summed E-state index contributed by atoms with van der Waals surface area (Å²) in [7, 11) is 0. The molecule has 0 aliphatic heterocycles. The highest BCUT2D eigenvalue weighted by Gasteiger charge is 2.57. The van der Waals surface area contributed by atoms with Gasteiger partial charge in [-0.1, -0.05) is 13.2 Å². The summed E-state index contributed by atoms with van der Waals surface area (Å²) in [4.78, 5) is 19.2. The topological polar surface area (TPSA) is 115 Å². The molecule has 0 saturated carbocycles. The van der Waals surface area contributed by atoms with E-state index in [1.54, 1.807) is 0 Å². The Balaban J connectivity index is -0.000000261. The van der Waals surface area contributed by atoms with E-state index in [2.05, 4.69) is 13.2 Å². The predicted molar refractivity (Wildman–Crippen MR) is 68.7 cm³/mol. The van der Waals surface area contributed by atoms with Crippen molar-refractivity contribution in [2.75, 3.05) is 0 Å². The molecule has 6 nitrogen and oxygen atoms in total. The first-order valence-electron chi connectivity index (χ1n) is 5.37. The summed E-state index contributed by atoms with van der Waals surface area (Å²) in [5, 5.41) is 31.3. The van der Waals surface area contributed by atoms with Crippen molar-refractivity contribution < 1.29 is 47.6 Å². The summed E-state index contributed by atoms with van der Waals surface area (Å²) >= 11 is 0. The Hall–Kier alpha value is -1.94. The average Bonchev–Trinajstić information content (AvgIpc) is 2.28. The normalized spacial score (nSPS) is 10.6. The predicted octanol–water partition coefficient (Wildman–Crippen LogP) is 1.88. The Morgan fingerprint density at radius 2 is 1.09 bits per heavy atom. The minimum absolute atomic E-state index is 0.0908. The Labute approximate surface area is 124 Å². The van der Waals surface area contributed by atoms with Crippen LogP contribution in [0.5, 0.6) is 0 Å². The minimum Gasteiger partial charge on any atom is -0.478 e. The van der Waals surface area contributed by atoms with E-state index in [-0.39, 0.29) is 18.1 Å². The molecule has 0 aromatic carbocycles. The van der Waals surface area contributed by atoms with Crippen molar-refractivity contribution in [2.24, 2.45) is 0 Å². The molecule has 0 aromatic rings. The summed E-state index contributed by atoms with van der Waals surface area (Å²) in [6.07, 6.45) is -3.33. The Morgan fingerprint density at radius 1 is 0.909 bits per heavy atom. The van der Waals surface area contributed by atoms with Gasteiger partial charge in [0.1, 0.15) is 0 Å². The fourth-order valence-electron chi connectivity index (χ4n) is 0.227. The molecule has 0 atom stereocenters. The number of aliphatic hydroxyl groups is 2. The first-order chi connectivity index (χ1) is 9.48. The van der Waals surface area contributed by atoms with Crippen molar-refractivity contribution in [3.05, 3.63) is 24.3 Å². The van der Waals surface area contributed by atoms with E-state index in [0.717, 1.165) is 0 Å². The van der Waals surface area contributed by atoms with Gasteiger partial charge in [-0.3, -0.25) is 0 Å². The molecule has 4 N–H and O–H groups in total. The molecule has 0 aliphatic carbocycles. The van der Waals surface area contributed by atoms with Crippen LogP contribution in [0.4, 0.5) is 17.6 Å². The molecule has 0 radical (unpaired) electrons. The number of carboxylic acid groups (broad SMARTS) is 2. The molecule has 10 heteroatoms. The average molecular weight is 334 g/mol. The van der Waals surface area contributed by atoms with Gasteiger partial charge in [0.25, 0.3) is 0 Å². The third-order valence-electron chi connectivity index (χ3n) is 1.64. The maximum Gasteiger partial charge on any atom is 0.358 e. The lowest BCUT2D eigenvalue weighted by Crippen LogP contribution is -2.47. The number of rotatable bonds is 4. The van der Waals surface area contributed by atoms with E-state index in [1.807, 2.05) is 0 Å². The highest BCUT2D eigenvalue weighted by molar-refractivity contribution is 5.85. The van der Waals surface area contributed by atoms with Crippen LogP contribution in [0.15, 0.2) is 24.3 Å². The maximum atomic E-state index is 11.8. The van der Waals surface area contributed by atoms with Crippen molar-refractivity contribution in [1.82, 2.24) is 0 Å². The number of alkyl halides is 4. The van der Waals surface area contributed by atoms with E-state index in [9.17, 15) is 27.2 Å². The standard InChI is InChI=1S/C4H6F4O2.2C4H6O2/c1-3(5,6)4(7,8)2(9)10;2*1-3(2)4(5)6/h2,9-10H,1H3;2*1H2,2H3,(H,5,6). The molecule has 0 unspecified atom stereocenters. The van der Waals surface area contributed by atoms with Crippen LogP contribution in [0.25, 0.3) is 0 Å². The summed E-state index contributed by atoms with van der Waals surface area (Å²) in [5.41, 5.74) is 0.352. The molecule has 0 saturated heterocycles. The summed E-state index contributed by atoms with van der Waals surface area (Å²) in [5.74, 6) is -11.1. The Bertz CT molecular complexity index is 364. The highest BCUT2D eigenvalue weighted by atomic mass is 19.3. The van der Waals surface area contributed by atoms with Gasteiger partial charge in [0.2, 0.25) is 6.29 Å². The number of aliphatic hydroxyl groups excluding tert-OH is 1. The molecule has 0 amide bonds. The van der Waals surface area contributed by atoms with Crippen molar-refractivity contribution in [3.63, 3.8) is 0 Å². The van der Waals surface area contributed by atoms with Crippen molar-refractivity contribution in [3.8, 4) is 0 Å². The second kappa shape index (κ2) is 9.90. The lowest BCUT2D eigenvalue weighted by molar-refractivity contribution is -0.296. The van der Waals surface area contributed by atoms with Gasteiger partial charge >= 0.3 is 23.8 Å². The molecule has 0 bridgehead atoms. The van der Waals surface area contributed by atoms with Crippen molar-refractivity contribution in [2.45, 2.75) is 38.9 Å². The lowest BCUT2D eigenvalue weighted by Gasteiger charge is -2.23. The molecule has 22 heavy (non-hydrogen) atoms. The molecule has 130 valence electrons. The van der Waals surface area contributed by atoms with Gasteiger partial charge in [-0.25, -0.2) is 18.4 Å². The molecule has 0 aromatic heterocycles. The summed E-state index contributed by atoms with van der Waals surface area (Å²) in [6.45, 7) is 9.11. The van der Waals surface area contributed by atoms with E-state index in [1.165, 1.54) is 13.8 Å². The molecule has 0 rings (SSSR count). The second-order valence-electron chi connectivity index (χ2n) is 4.06. The van der Waals surface area contributed by atoms with E-state index in [4.69, 9.17) is 20.4 Å². The summed E-state index contributed by atoms with van der Waals surface area (Å²) in [6, 6.07) is 0. The molecule has 0 heterocycles. The zero-order chi connectivity index (χ0) is 18.9. The summed E-state index contributed by atoms with van der Waals surface area (Å²) < 4.78 is 47.0. The van der Waals surface area contributed by atoms with Gasteiger partial charge < -0.3 is 20.4 Å². The fraction of sp³-hybridized carbons (Fsp3) is 0.500. The third kappa shape index (κ3) is 11.9. The second-order valence-corrected chi connectivity index (χ2v) is 4.06. The van der Waals surface area contributed by atoms with Crippen LogP contribution in [0.2, 0.25) is 0 Å². The van der Waals surface area contributed by atoms with Gasteiger partial charge in [0.05, 0.1) is 0 Å². The van der Waals surface area contributed by atoms with Gasteiger partial charge in [0.15, 0.2) is 0 Å². The Kier molecular flexibility index (Phi) is 11.3. The van der Waals surface area contributed by atoms with Crippen molar-refractivity contribution in [1.29, 1.82) is 0 Å². The smallest absolute Gasteiger partial charge is 0.358 e. The molecule has 0 fully saturated rings. The molecular formula is C12H18F4O6. The largest absolute Gasteiger partial charge is 0.478 e. The number of hydrogen-bond acceptors (Lipinski definition) is 4. The van der Waals surface area contributed by atoms with E-state index in [0.29, 0.717) is 0 Å². The number of carboxylic acids is 2. The minimum atomic E-state index is -4.78. The van der Waals surface area contributed by atoms with Crippen LogP contribution >= 0.6 is 0 Å². The molecule has 0 spiro atoms. The zero-order valence-electron chi connectivity index (χ0n) is 12.1. The zero-order valence-corrected chi connectivity index (χ0v) is 12.1. The quantitative estimate of drug-likeness (QED) is 0.354. The first-order valence-corrected chi connectivity index (χ1v) is 5.37. The fourth-order valence-corrected chi connectivity index (χ4v) is 0.227. The first kappa shape index (κ1) is 25.0. The maximum absolute atomic E-state index is 11.8. The van der Waals surface area contributed by atoms with E-state index >= 15 is 0 Å². The Morgan fingerprint density at radius 3 is 1.09 bits per heavy atom. The highest BCUT2D eigenvalue weighted by Crippen LogP contribution is 2.35. The van der Waals surface area contributed by atoms with E-state index < -0.39 is 30.1 Å². The van der Waals surface area contributed by atoms with Crippen LogP contribution in [0.1, 0.15) is 20.8 Å². The van der Waals surface area contributed by atoms with Gasteiger partial charge in [-0.15, -0.1) is 0 Å². The van der Waals surface area contributed by atoms with Crippen LogP contribution in [-0.2, 0) is 9.59 Å². The third-order valence-corrected chi connectivity index (χ3v) is 1.64. The SMILES string of the molecule is C=C(C)C(=O)O.C=C(C)C(=O)O.CC(F)(F)C(F)(F)C(O)O. The monoisotopic (exact) mass is 334 g/mol. The van der Waals surface area contributed by atoms with Crippen LogP contribution in [0, 0.1) is 0 Å². The number of hydrogen-bond donors (Lipinski definition) is 4. The van der Waals surface area contributed by atoms with Gasteiger partial charge in [-0.05, 0) is 13.8 Å². The van der Waals surface area contributed by atoms with Crippen LogP contribution in [-0.4, -0.2) is 50.5 Å². The van der Waals surface area contributed by atoms with Gasteiger partial charge in [-0.2, -0.15) is 8.78 Å². The number of halogens is 4. The van der Waals surface area contributed by atoms with Crippen LogP contribution < -0.4 is 0 Å². The lowest BCUT2D eigenvalue weighted by atomic mass is 10.2.